The van der Waals surface area contributed by atoms with Crippen LogP contribution in [0.2, 0.25) is 0 Å². The van der Waals surface area contributed by atoms with Crippen LogP contribution in [0.3, 0.4) is 0 Å². The minimum Gasteiger partial charge on any atom is -0.493 e. The first-order valence-electron chi connectivity index (χ1n) is 14.6. The van der Waals surface area contributed by atoms with Gasteiger partial charge in [-0.15, -0.1) is 0 Å². The van der Waals surface area contributed by atoms with E-state index in [4.69, 9.17) is 4.74 Å². The highest BCUT2D eigenvalue weighted by molar-refractivity contribution is 5.92. The van der Waals surface area contributed by atoms with Crippen LogP contribution in [-0.4, -0.2) is 25.6 Å². The molecule has 0 unspecified atom stereocenters. The monoisotopic (exact) mass is 494 g/mol. The zero-order chi connectivity index (χ0) is 25.5. The van der Waals surface area contributed by atoms with Crippen LogP contribution < -0.4 is 15.4 Å². The van der Waals surface area contributed by atoms with Crippen LogP contribution in [0, 0.1) is 0 Å². The first-order chi connectivity index (χ1) is 17.8. The van der Waals surface area contributed by atoms with Crippen molar-refractivity contribution < 1.29 is 9.53 Å². The largest absolute Gasteiger partial charge is 0.493 e. The van der Waals surface area contributed by atoms with E-state index in [2.05, 4.69) is 29.7 Å². The normalized spacial score (nSPS) is 10.9. The summed E-state index contributed by atoms with van der Waals surface area (Å²) in [6.07, 6.45) is 20.0. The first kappa shape index (κ1) is 29.9. The second kappa shape index (κ2) is 20.8. The molecule has 36 heavy (non-hydrogen) atoms. The number of amides is 1. The zero-order valence-corrected chi connectivity index (χ0v) is 22.7. The Balaban J connectivity index is 1.38. The summed E-state index contributed by atoms with van der Waals surface area (Å²) < 4.78 is 5.81. The van der Waals surface area contributed by atoms with Gasteiger partial charge < -0.3 is 15.4 Å². The molecule has 0 saturated heterocycles. The summed E-state index contributed by atoms with van der Waals surface area (Å²) in [6, 6.07) is 17.9. The molecule has 2 rings (SSSR count). The minimum absolute atomic E-state index is 0.00175. The predicted octanol–water partition coefficient (Wildman–Crippen LogP) is 8.32. The van der Waals surface area contributed by atoms with Crippen LogP contribution in [-0.2, 0) is 11.2 Å². The van der Waals surface area contributed by atoms with E-state index in [9.17, 15) is 4.79 Å². The number of carbonyl (C=O) groups excluding carboxylic acids is 1. The Morgan fingerprint density at radius 3 is 1.83 bits per heavy atom. The van der Waals surface area contributed by atoms with E-state index in [0.29, 0.717) is 13.2 Å². The third-order valence-electron chi connectivity index (χ3n) is 6.63. The van der Waals surface area contributed by atoms with E-state index in [0.717, 1.165) is 30.8 Å². The molecule has 0 aliphatic rings. The lowest BCUT2D eigenvalue weighted by Crippen LogP contribution is -2.28. The Morgan fingerprint density at radius 2 is 1.25 bits per heavy atom. The lowest BCUT2D eigenvalue weighted by atomic mass is 10.0. The van der Waals surface area contributed by atoms with Gasteiger partial charge in [-0.2, -0.15) is 0 Å². The van der Waals surface area contributed by atoms with E-state index in [1.807, 2.05) is 42.5 Å². The molecule has 200 valence electrons. The van der Waals surface area contributed by atoms with Crippen molar-refractivity contribution in [3.05, 3.63) is 60.2 Å². The van der Waals surface area contributed by atoms with Crippen molar-refractivity contribution in [2.45, 2.75) is 103 Å². The van der Waals surface area contributed by atoms with Crippen molar-refractivity contribution in [1.29, 1.82) is 0 Å². The zero-order valence-electron chi connectivity index (χ0n) is 22.7. The van der Waals surface area contributed by atoms with Gasteiger partial charge in [0, 0.05) is 12.1 Å². The van der Waals surface area contributed by atoms with E-state index >= 15 is 0 Å². The summed E-state index contributed by atoms with van der Waals surface area (Å²) in [4.78, 5) is 12.2. The molecule has 2 aromatic carbocycles. The van der Waals surface area contributed by atoms with Crippen molar-refractivity contribution in [2.75, 3.05) is 25.0 Å². The third-order valence-corrected chi connectivity index (χ3v) is 6.63. The summed E-state index contributed by atoms with van der Waals surface area (Å²) in [5, 5.41) is 6.21. The molecule has 0 aliphatic heterocycles. The molecule has 0 bridgehead atoms. The standard InChI is InChI=1S/C32H50N2O2/c1-2-3-4-5-6-7-8-9-10-11-12-13-14-18-26-33-28-32(35)34-30-21-23-31(24-22-30)36-27-25-29-19-16-15-17-20-29/h15-17,19-24,33H,2-14,18,25-28H2,1H3,(H,34,35). The summed E-state index contributed by atoms with van der Waals surface area (Å²) >= 11 is 0. The molecule has 2 N–H and O–H groups in total. The molecule has 0 heterocycles. The minimum atomic E-state index is -0.00175. The summed E-state index contributed by atoms with van der Waals surface area (Å²) in [6.45, 7) is 4.18. The molecule has 0 fully saturated rings. The first-order valence-corrected chi connectivity index (χ1v) is 14.6. The Hall–Kier alpha value is -2.33. The number of carbonyl (C=O) groups is 1. The van der Waals surface area contributed by atoms with Gasteiger partial charge in [-0.05, 0) is 42.8 Å². The number of rotatable bonds is 22. The number of benzene rings is 2. The lowest BCUT2D eigenvalue weighted by Gasteiger charge is -2.09. The van der Waals surface area contributed by atoms with Gasteiger partial charge in [0.05, 0.1) is 13.2 Å². The maximum atomic E-state index is 12.2. The van der Waals surface area contributed by atoms with E-state index in [1.54, 1.807) is 0 Å². The Bertz CT molecular complexity index is 777. The average molecular weight is 495 g/mol. The number of hydrogen-bond donors (Lipinski definition) is 2. The fraction of sp³-hybridized carbons (Fsp3) is 0.594. The molecule has 0 aliphatic carbocycles. The van der Waals surface area contributed by atoms with Crippen molar-refractivity contribution in [1.82, 2.24) is 5.32 Å². The molecule has 4 heteroatoms. The Kier molecular flexibility index (Phi) is 17.3. The maximum Gasteiger partial charge on any atom is 0.238 e. The smallest absolute Gasteiger partial charge is 0.238 e. The average Bonchev–Trinajstić information content (AvgIpc) is 2.90. The van der Waals surface area contributed by atoms with Crippen LogP contribution in [0.15, 0.2) is 54.6 Å². The molecule has 4 nitrogen and oxygen atoms in total. The second-order valence-corrected chi connectivity index (χ2v) is 9.93. The topological polar surface area (TPSA) is 50.4 Å². The molecule has 0 aromatic heterocycles. The van der Waals surface area contributed by atoms with E-state index in [1.165, 1.54) is 89.0 Å². The van der Waals surface area contributed by atoms with Gasteiger partial charge in [0.1, 0.15) is 5.75 Å². The highest BCUT2D eigenvalue weighted by atomic mass is 16.5. The quantitative estimate of drug-likeness (QED) is 0.162. The summed E-state index contributed by atoms with van der Waals surface area (Å²) in [5.74, 6) is 0.818. The van der Waals surface area contributed by atoms with Gasteiger partial charge in [0.25, 0.3) is 0 Å². The van der Waals surface area contributed by atoms with E-state index < -0.39 is 0 Å². The van der Waals surface area contributed by atoms with Crippen molar-refractivity contribution in [3.8, 4) is 5.75 Å². The molecule has 0 radical (unpaired) electrons. The summed E-state index contributed by atoms with van der Waals surface area (Å²) in [5.41, 5.74) is 2.07. The van der Waals surface area contributed by atoms with Gasteiger partial charge in [0.2, 0.25) is 5.91 Å². The van der Waals surface area contributed by atoms with Crippen LogP contribution in [0.25, 0.3) is 0 Å². The molecule has 0 spiro atoms. The van der Waals surface area contributed by atoms with E-state index in [-0.39, 0.29) is 5.91 Å². The maximum absolute atomic E-state index is 12.2. The molecule has 2 aromatic rings. The molecule has 0 atom stereocenters. The SMILES string of the molecule is CCCCCCCCCCCCCCCCNCC(=O)Nc1ccc(OCCc2ccccc2)cc1. The fourth-order valence-corrected chi connectivity index (χ4v) is 4.42. The van der Waals surface area contributed by atoms with Crippen LogP contribution >= 0.6 is 0 Å². The Labute approximate surface area is 220 Å². The third kappa shape index (κ3) is 15.6. The number of ether oxygens (including phenoxy) is 1. The van der Waals surface area contributed by atoms with Gasteiger partial charge in [-0.1, -0.05) is 121 Å². The number of nitrogens with one attached hydrogen (secondary N) is 2. The van der Waals surface area contributed by atoms with Gasteiger partial charge in [0.15, 0.2) is 0 Å². The van der Waals surface area contributed by atoms with Gasteiger partial charge in [-0.3, -0.25) is 4.79 Å². The Morgan fingerprint density at radius 1 is 0.694 bits per heavy atom. The van der Waals surface area contributed by atoms with Crippen LogP contribution in [0.4, 0.5) is 5.69 Å². The van der Waals surface area contributed by atoms with Crippen LogP contribution in [0.1, 0.15) is 102 Å². The summed E-state index contributed by atoms with van der Waals surface area (Å²) in [7, 11) is 0. The van der Waals surface area contributed by atoms with Crippen LogP contribution in [0.5, 0.6) is 5.75 Å². The van der Waals surface area contributed by atoms with Crippen molar-refractivity contribution in [2.24, 2.45) is 0 Å². The fourth-order valence-electron chi connectivity index (χ4n) is 4.42. The predicted molar refractivity (Wildman–Crippen MR) is 154 cm³/mol. The molecule has 1 amide bonds. The number of anilines is 1. The van der Waals surface area contributed by atoms with Gasteiger partial charge in [-0.25, -0.2) is 0 Å². The highest BCUT2D eigenvalue weighted by Gasteiger charge is 2.03. The highest BCUT2D eigenvalue weighted by Crippen LogP contribution is 2.16. The number of unbranched alkanes of at least 4 members (excludes halogenated alkanes) is 13. The van der Waals surface area contributed by atoms with Crippen molar-refractivity contribution >= 4 is 11.6 Å². The molecular formula is C32H50N2O2. The molecule has 0 saturated carbocycles. The van der Waals surface area contributed by atoms with Gasteiger partial charge >= 0.3 is 0 Å². The second-order valence-electron chi connectivity index (χ2n) is 9.93. The number of hydrogen-bond acceptors (Lipinski definition) is 3. The molecular weight excluding hydrogens is 444 g/mol. The van der Waals surface area contributed by atoms with Crippen molar-refractivity contribution in [3.63, 3.8) is 0 Å². The lowest BCUT2D eigenvalue weighted by molar-refractivity contribution is -0.115.